The summed E-state index contributed by atoms with van der Waals surface area (Å²) < 4.78 is 0. The second-order valence-corrected chi connectivity index (χ2v) is 5.05. The Morgan fingerprint density at radius 2 is 2.30 bits per heavy atom. The van der Waals surface area contributed by atoms with E-state index in [0.29, 0.717) is 0 Å². The molecule has 6 heteroatoms. The van der Waals surface area contributed by atoms with Gasteiger partial charge in [0, 0.05) is 26.2 Å². The summed E-state index contributed by atoms with van der Waals surface area (Å²) >= 11 is 0. The van der Waals surface area contributed by atoms with Crippen molar-refractivity contribution in [2.24, 2.45) is 0 Å². The van der Waals surface area contributed by atoms with Gasteiger partial charge in [0.25, 0.3) is 0 Å². The number of nitrogens with zero attached hydrogens (tertiary/aromatic N) is 3. The molecule has 0 saturated carbocycles. The SMILES string of the molecule is CCCNc1cc(N2CCCC2C(=O)NC)nc(C)n1. The summed E-state index contributed by atoms with van der Waals surface area (Å²) in [7, 11) is 1.68. The van der Waals surface area contributed by atoms with Crippen molar-refractivity contribution in [3.8, 4) is 0 Å². The van der Waals surface area contributed by atoms with E-state index in [1.54, 1.807) is 7.05 Å². The Balaban J connectivity index is 2.22. The highest BCUT2D eigenvalue weighted by Crippen LogP contribution is 2.25. The van der Waals surface area contributed by atoms with Crippen LogP contribution in [0.3, 0.4) is 0 Å². The molecule has 1 aliphatic heterocycles. The van der Waals surface area contributed by atoms with E-state index in [4.69, 9.17) is 0 Å². The first-order valence-corrected chi connectivity index (χ1v) is 7.23. The van der Waals surface area contributed by atoms with Gasteiger partial charge in [0.05, 0.1) is 0 Å². The Bertz CT molecular complexity index is 477. The molecule has 1 amide bonds. The summed E-state index contributed by atoms with van der Waals surface area (Å²) in [6.07, 6.45) is 2.93. The molecule has 110 valence electrons. The number of aromatic nitrogens is 2. The van der Waals surface area contributed by atoms with Crippen LogP contribution in [0.5, 0.6) is 0 Å². The third-order valence-electron chi connectivity index (χ3n) is 3.48. The normalized spacial score (nSPS) is 18.1. The van der Waals surface area contributed by atoms with Gasteiger partial charge in [-0.05, 0) is 26.2 Å². The third kappa shape index (κ3) is 3.18. The molecule has 0 radical (unpaired) electrons. The molecule has 2 rings (SSSR count). The number of rotatable bonds is 5. The van der Waals surface area contributed by atoms with Gasteiger partial charge in [-0.2, -0.15) is 0 Å². The van der Waals surface area contributed by atoms with E-state index in [2.05, 4.69) is 32.4 Å². The van der Waals surface area contributed by atoms with Crippen LogP contribution in [0.15, 0.2) is 6.07 Å². The number of amides is 1. The number of hydrogen-bond donors (Lipinski definition) is 2. The van der Waals surface area contributed by atoms with Crippen LogP contribution < -0.4 is 15.5 Å². The van der Waals surface area contributed by atoms with Crippen molar-refractivity contribution in [1.82, 2.24) is 15.3 Å². The van der Waals surface area contributed by atoms with Crippen molar-refractivity contribution in [3.63, 3.8) is 0 Å². The molecule has 2 heterocycles. The number of hydrogen-bond acceptors (Lipinski definition) is 5. The van der Waals surface area contributed by atoms with Crippen LogP contribution in [0.25, 0.3) is 0 Å². The average Bonchev–Trinajstić information content (AvgIpc) is 2.93. The molecule has 0 bridgehead atoms. The predicted molar refractivity (Wildman–Crippen MR) is 80.0 cm³/mol. The monoisotopic (exact) mass is 277 g/mol. The molecule has 1 aliphatic rings. The molecule has 6 nitrogen and oxygen atoms in total. The summed E-state index contributed by atoms with van der Waals surface area (Å²) in [4.78, 5) is 22.9. The summed E-state index contributed by atoms with van der Waals surface area (Å²) in [5, 5.41) is 6.01. The summed E-state index contributed by atoms with van der Waals surface area (Å²) in [6, 6.07) is 1.82. The molecular formula is C14H23N5O. The fourth-order valence-corrected chi connectivity index (χ4v) is 2.52. The lowest BCUT2D eigenvalue weighted by Gasteiger charge is -2.25. The molecule has 1 unspecified atom stereocenters. The maximum atomic E-state index is 11.9. The Kier molecular flexibility index (Phi) is 4.76. The number of nitrogens with one attached hydrogen (secondary N) is 2. The molecule has 1 aromatic rings. The smallest absolute Gasteiger partial charge is 0.242 e. The van der Waals surface area contributed by atoms with Crippen molar-refractivity contribution >= 4 is 17.5 Å². The third-order valence-corrected chi connectivity index (χ3v) is 3.48. The molecule has 0 aromatic carbocycles. The molecule has 0 aliphatic carbocycles. The van der Waals surface area contributed by atoms with Gasteiger partial charge in [-0.15, -0.1) is 0 Å². The van der Waals surface area contributed by atoms with E-state index in [-0.39, 0.29) is 11.9 Å². The topological polar surface area (TPSA) is 70.2 Å². The standard InChI is InChI=1S/C14H23N5O/c1-4-7-16-12-9-13(18-10(2)17-12)19-8-5-6-11(19)14(20)15-3/h9,11H,4-8H2,1-3H3,(H,15,20)(H,16,17,18). The zero-order chi connectivity index (χ0) is 14.5. The molecule has 2 N–H and O–H groups in total. The quantitative estimate of drug-likeness (QED) is 0.849. The molecule has 0 spiro atoms. The second kappa shape index (κ2) is 6.54. The maximum absolute atomic E-state index is 11.9. The van der Waals surface area contributed by atoms with Crippen LogP contribution in [0, 0.1) is 6.92 Å². The van der Waals surface area contributed by atoms with Gasteiger partial charge < -0.3 is 15.5 Å². The van der Waals surface area contributed by atoms with E-state index in [0.717, 1.165) is 49.8 Å². The van der Waals surface area contributed by atoms with Crippen LogP contribution in [-0.4, -0.2) is 42.1 Å². The number of anilines is 2. The van der Waals surface area contributed by atoms with Crippen LogP contribution >= 0.6 is 0 Å². The lowest BCUT2D eigenvalue weighted by atomic mass is 10.2. The molecule has 1 fully saturated rings. The van der Waals surface area contributed by atoms with E-state index in [1.807, 2.05) is 13.0 Å². The summed E-state index contributed by atoms with van der Waals surface area (Å²) in [5.41, 5.74) is 0. The highest BCUT2D eigenvalue weighted by atomic mass is 16.2. The highest BCUT2D eigenvalue weighted by molar-refractivity contribution is 5.85. The van der Waals surface area contributed by atoms with Crippen molar-refractivity contribution in [2.45, 2.75) is 39.2 Å². The summed E-state index contributed by atoms with van der Waals surface area (Å²) in [6.45, 7) is 5.74. The Labute approximate surface area is 120 Å². The minimum atomic E-state index is -0.117. The zero-order valence-electron chi connectivity index (χ0n) is 12.4. The van der Waals surface area contributed by atoms with Crippen LogP contribution in [0.2, 0.25) is 0 Å². The molecular weight excluding hydrogens is 254 g/mol. The first-order valence-electron chi connectivity index (χ1n) is 7.23. The number of carbonyl (C=O) groups excluding carboxylic acids is 1. The van der Waals surface area contributed by atoms with Gasteiger partial charge in [0.15, 0.2) is 0 Å². The van der Waals surface area contributed by atoms with Crippen LogP contribution in [-0.2, 0) is 4.79 Å². The largest absolute Gasteiger partial charge is 0.370 e. The molecule has 20 heavy (non-hydrogen) atoms. The fraction of sp³-hybridized carbons (Fsp3) is 0.643. The highest BCUT2D eigenvalue weighted by Gasteiger charge is 2.31. The van der Waals surface area contributed by atoms with E-state index >= 15 is 0 Å². The van der Waals surface area contributed by atoms with E-state index < -0.39 is 0 Å². The van der Waals surface area contributed by atoms with Gasteiger partial charge >= 0.3 is 0 Å². The van der Waals surface area contributed by atoms with E-state index in [9.17, 15) is 4.79 Å². The van der Waals surface area contributed by atoms with Gasteiger partial charge in [0.1, 0.15) is 23.5 Å². The first kappa shape index (κ1) is 14.6. The fourth-order valence-electron chi connectivity index (χ4n) is 2.52. The minimum Gasteiger partial charge on any atom is -0.370 e. The van der Waals surface area contributed by atoms with Crippen molar-refractivity contribution in [1.29, 1.82) is 0 Å². The predicted octanol–water partition coefficient (Wildman–Crippen LogP) is 1.32. The lowest BCUT2D eigenvalue weighted by molar-refractivity contribution is -0.121. The van der Waals surface area contributed by atoms with Gasteiger partial charge in [-0.25, -0.2) is 9.97 Å². The van der Waals surface area contributed by atoms with Gasteiger partial charge in [0.2, 0.25) is 5.91 Å². The maximum Gasteiger partial charge on any atom is 0.242 e. The zero-order valence-corrected chi connectivity index (χ0v) is 12.4. The molecule has 1 aromatic heterocycles. The first-order chi connectivity index (χ1) is 9.65. The van der Waals surface area contributed by atoms with Crippen molar-refractivity contribution < 1.29 is 4.79 Å². The number of aryl methyl sites for hydroxylation is 1. The molecule has 1 saturated heterocycles. The Hall–Kier alpha value is -1.85. The van der Waals surface area contributed by atoms with Crippen molar-refractivity contribution in [3.05, 3.63) is 11.9 Å². The van der Waals surface area contributed by atoms with E-state index in [1.165, 1.54) is 0 Å². The number of likely N-dealkylation sites (N-methyl/N-ethyl adjacent to an activating group) is 1. The second-order valence-electron chi connectivity index (χ2n) is 5.05. The Morgan fingerprint density at radius 3 is 3.00 bits per heavy atom. The lowest BCUT2D eigenvalue weighted by Crippen LogP contribution is -2.42. The van der Waals surface area contributed by atoms with Gasteiger partial charge in [-0.3, -0.25) is 4.79 Å². The Morgan fingerprint density at radius 1 is 1.50 bits per heavy atom. The molecule has 1 atom stereocenters. The number of carbonyl (C=O) groups is 1. The average molecular weight is 277 g/mol. The van der Waals surface area contributed by atoms with Crippen LogP contribution in [0.4, 0.5) is 11.6 Å². The van der Waals surface area contributed by atoms with Crippen LogP contribution in [0.1, 0.15) is 32.0 Å². The minimum absolute atomic E-state index is 0.0573. The summed E-state index contributed by atoms with van der Waals surface area (Å²) in [5.74, 6) is 2.45. The van der Waals surface area contributed by atoms with Crippen molar-refractivity contribution in [2.75, 3.05) is 30.4 Å². The van der Waals surface area contributed by atoms with Gasteiger partial charge in [-0.1, -0.05) is 6.92 Å².